The lowest BCUT2D eigenvalue weighted by Gasteiger charge is -2.18. The molecule has 1 aromatic heterocycles. The Kier molecular flexibility index (Phi) is 5.06. The molecule has 5 heteroatoms. The second-order valence-electron chi connectivity index (χ2n) is 4.64. The third-order valence-electron chi connectivity index (χ3n) is 2.96. The maximum absolute atomic E-state index is 6.17. The highest BCUT2D eigenvalue weighted by molar-refractivity contribution is 7.80. The number of nitrogens with zero attached hydrogens (tertiary/aromatic N) is 2. The summed E-state index contributed by atoms with van der Waals surface area (Å²) in [7, 11) is 2.03. The van der Waals surface area contributed by atoms with Gasteiger partial charge in [0.15, 0.2) is 0 Å². The molecular formula is C15H16ClN3S. The highest BCUT2D eigenvalue weighted by atomic mass is 35.5. The molecule has 0 unspecified atom stereocenters. The Morgan fingerprint density at radius 1 is 1.20 bits per heavy atom. The predicted molar refractivity (Wildman–Crippen MR) is 86.7 cm³/mol. The lowest BCUT2D eigenvalue weighted by Crippen LogP contribution is -2.21. The average molecular weight is 306 g/mol. The maximum atomic E-state index is 6.17. The van der Waals surface area contributed by atoms with E-state index >= 15 is 0 Å². The molecule has 0 bridgehead atoms. The molecule has 104 valence electrons. The lowest BCUT2D eigenvalue weighted by molar-refractivity contribution is 0.318. The molecule has 0 fully saturated rings. The summed E-state index contributed by atoms with van der Waals surface area (Å²) in [6.07, 6.45) is 1.70. The van der Waals surface area contributed by atoms with E-state index in [1.807, 2.05) is 43.4 Å². The van der Waals surface area contributed by atoms with Crippen LogP contribution in [0.4, 0.5) is 0 Å². The standard InChI is InChI=1S/C15H16ClN3S/c1-19(9-11-5-2-3-7-13(11)16)10-12-6-4-8-18-14(12)15(17)20/h2-8H,9-10H2,1H3,(H2,17,20). The van der Waals surface area contributed by atoms with Crippen LogP contribution < -0.4 is 5.73 Å². The second kappa shape index (κ2) is 6.79. The van der Waals surface area contributed by atoms with E-state index in [-0.39, 0.29) is 0 Å². The Balaban J connectivity index is 2.11. The number of hydrogen-bond donors (Lipinski definition) is 1. The molecule has 0 radical (unpaired) electrons. The number of thiocarbonyl (C=S) groups is 1. The average Bonchev–Trinajstić information content (AvgIpc) is 2.41. The predicted octanol–water partition coefficient (Wildman–Crippen LogP) is 3.00. The number of halogens is 1. The summed E-state index contributed by atoms with van der Waals surface area (Å²) in [5.41, 5.74) is 8.50. The Morgan fingerprint density at radius 3 is 2.55 bits per heavy atom. The molecule has 0 aliphatic heterocycles. The Morgan fingerprint density at radius 2 is 1.85 bits per heavy atom. The zero-order chi connectivity index (χ0) is 14.5. The van der Waals surface area contributed by atoms with E-state index in [4.69, 9.17) is 29.6 Å². The lowest BCUT2D eigenvalue weighted by atomic mass is 10.1. The van der Waals surface area contributed by atoms with E-state index in [1.165, 1.54) is 0 Å². The smallest absolute Gasteiger partial charge is 0.123 e. The van der Waals surface area contributed by atoms with Gasteiger partial charge in [-0.05, 0) is 30.3 Å². The molecule has 20 heavy (non-hydrogen) atoms. The van der Waals surface area contributed by atoms with Crippen molar-refractivity contribution in [1.29, 1.82) is 0 Å². The third kappa shape index (κ3) is 3.76. The van der Waals surface area contributed by atoms with Crippen LogP contribution in [0.1, 0.15) is 16.8 Å². The summed E-state index contributed by atoms with van der Waals surface area (Å²) < 4.78 is 0. The molecule has 0 atom stereocenters. The van der Waals surface area contributed by atoms with E-state index in [2.05, 4.69) is 9.88 Å². The Bertz CT molecular complexity index is 616. The van der Waals surface area contributed by atoms with Gasteiger partial charge >= 0.3 is 0 Å². The van der Waals surface area contributed by atoms with Gasteiger partial charge in [0.05, 0.1) is 0 Å². The summed E-state index contributed by atoms with van der Waals surface area (Å²) in [6, 6.07) is 11.7. The van der Waals surface area contributed by atoms with Crippen LogP contribution in [-0.4, -0.2) is 21.9 Å². The van der Waals surface area contributed by atoms with Gasteiger partial charge in [0.2, 0.25) is 0 Å². The van der Waals surface area contributed by atoms with Crippen molar-refractivity contribution >= 4 is 28.8 Å². The van der Waals surface area contributed by atoms with E-state index in [1.54, 1.807) is 6.20 Å². The van der Waals surface area contributed by atoms with Crippen LogP contribution in [0.25, 0.3) is 0 Å². The van der Waals surface area contributed by atoms with Gasteiger partial charge in [0.25, 0.3) is 0 Å². The molecule has 0 aliphatic carbocycles. The fraction of sp³-hybridized carbons (Fsp3) is 0.200. The van der Waals surface area contributed by atoms with E-state index < -0.39 is 0 Å². The minimum absolute atomic E-state index is 0.326. The zero-order valence-electron chi connectivity index (χ0n) is 11.2. The number of nitrogens with two attached hydrogens (primary N) is 1. The van der Waals surface area contributed by atoms with Crippen LogP contribution in [0, 0.1) is 0 Å². The molecule has 2 rings (SSSR count). The molecule has 2 N–H and O–H groups in total. The fourth-order valence-corrected chi connectivity index (χ4v) is 2.43. The first-order valence-electron chi connectivity index (χ1n) is 6.23. The number of rotatable bonds is 5. The van der Waals surface area contributed by atoms with Gasteiger partial charge in [0.1, 0.15) is 10.7 Å². The zero-order valence-corrected chi connectivity index (χ0v) is 12.8. The molecule has 0 amide bonds. The number of hydrogen-bond acceptors (Lipinski definition) is 3. The van der Waals surface area contributed by atoms with Gasteiger partial charge in [-0.3, -0.25) is 9.88 Å². The van der Waals surface area contributed by atoms with Crippen molar-refractivity contribution < 1.29 is 0 Å². The van der Waals surface area contributed by atoms with Crippen LogP contribution in [0.3, 0.4) is 0 Å². The summed E-state index contributed by atoms with van der Waals surface area (Å²) in [5.74, 6) is 0. The molecule has 0 spiro atoms. The van der Waals surface area contributed by atoms with Crippen molar-refractivity contribution in [2.45, 2.75) is 13.1 Å². The summed E-state index contributed by atoms with van der Waals surface area (Å²) in [6.45, 7) is 1.47. The summed E-state index contributed by atoms with van der Waals surface area (Å²) >= 11 is 11.2. The minimum Gasteiger partial charge on any atom is -0.388 e. The Labute approximate surface area is 129 Å². The van der Waals surface area contributed by atoms with Gasteiger partial charge in [-0.25, -0.2) is 0 Å². The van der Waals surface area contributed by atoms with E-state index in [0.717, 1.165) is 22.7 Å². The van der Waals surface area contributed by atoms with Gasteiger partial charge in [-0.15, -0.1) is 0 Å². The molecule has 2 aromatic rings. The van der Waals surface area contributed by atoms with E-state index in [0.29, 0.717) is 17.2 Å². The van der Waals surface area contributed by atoms with Crippen molar-refractivity contribution in [3.05, 3.63) is 64.4 Å². The normalized spacial score (nSPS) is 10.8. The Hall–Kier alpha value is -1.49. The molecule has 1 aromatic carbocycles. The monoisotopic (exact) mass is 305 g/mol. The van der Waals surface area contributed by atoms with E-state index in [9.17, 15) is 0 Å². The summed E-state index contributed by atoms with van der Waals surface area (Å²) in [4.78, 5) is 6.72. The highest BCUT2D eigenvalue weighted by Gasteiger charge is 2.10. The SMILES string of the molecule is CN(Cc1ccccc1Cl)Cc1cccnc1C(N)=S. The first-order valence-corrected chi connectivity index (χ1v) is 7.02. The molecule has 1 heterocycles. The van der Waals surface area contributed by atoms with Crippen LogP contribution >= 0.6 is 23.8 Å². The van der Waals surface area contributed by atoms with Crippen molar-refractivity contribution in [3.63, 3.8) is 0 Å². The number of aromatic nitrogens is 1. The number of benzene rings is 1. The minimum atomic E-state index is 0.326. The molecule has 0 saturated heterocycles. The van der Waals surface area contributed by atoms with Gasteiger partial charge in [-0.2, -0.15) is 0 Å². The molecule has 0 saturated carbocycles. The third-order valence-corrected chi connectivity index (χ3v) is 3.53. The van der Waals surface area contributed by atoms with Crippen molar-refractivity contribution in [2.75, 3.05) is 7.05 Å². The first-order chi connectivity index (χ1) is 9.58. The van der Waals surface area contributed by atoms with Crippen LogP contribution in [0.15, 0.2) is 42.6 Å². The van der Waals surface area contributed by atoms with Crippen molar-refractivity contribution in [1.82, 2.24) is 9.88 Å². The summed E-state index contributed by atoms with van der Waals surface area (Å²) in [5, 5.41) is 0.778. The molecular weight excluding hydrogens is 290 g/mol. The highest BCUT2D eigenvalue weighted by Crippen LogP contribution is 2.18. The van der Waals surface area contributed by atoms with Gasteiger partial charge in [-0.1, -0.05) is 48.1 Å². The van der Waals surface area contributed by atoms with Crippen molar-refractivity contribution in [3.8, 4) is 0 Å². The quantitative estimate of drug-likeness (QED) is 0.862. The van der Waals surface area contributed by atoms with Gasteiger partial charge in [0, 0.05) is 24.3 Å². The van der Waals surface area contributed by atoms with Crippen molar-refractivity contribution in [2.24, 2.45) is 5.73 Å². The second-order valence-corrected chi connectivity index (χ2v) is 5.49. The van der Waals surface area contributed by atoms with Crippen LogP contribution in [0.5, 0.6) is 0 Å². The van der Waals surface area contributed by atoms with Gasteiger partial charge < -0.3 is 5.73 Å². The fourth-order valence-electron chi connectivity index (χ4n) is 2.05. The van der Waals surface area contributed by atoms with Crippen LogP contribution in [0.2, 0.25) is 5.02 Å². The maximum Gasteiger partial charge on any atom is 0.123 e. The van der Waals surface area contributed by atoms with Crippen LogP contribution in [-0.2, 0) is 13.1 Å². The molecule has 0 aliphatic rings. The first kappa shape index (κ1) is 14.9. The largest absolute Gasteiger partial charge is 0.388 e. The number of pyridine rings is 1. The molecule has 3 nitrogen and oxygen atoms in total. The topological polar surface area (TPSA) is 42.2 Å².